The Balaban J connectivity index is 1.98. The average Bonchev–Trinajstić information content (AvgIpc) is 2.69. The zero-order valence-corrected chi connectivity index (χ0v) is 17.9. The van der Waals surface area contributed by atoms with Gasteiger partial charge in [0.25, 0.3) is 0 Å². The zero-order valence-electron chi connectivity index (χ0n) is 16.4. The number of benzene rings is 2. The van der Waals surface area contributed by atoms with Crippen molar-refractivity contribution in [3.63, 3.8) is 0 Å². The summed E-state index contributed by atoms with van der Waals surface area (Å²) >= 11 is 12.1. The van der Waals surface area contributed by atoms with Crippen molar-refractivity contribution in [3.05, 3.63) is 58.1 Å². The van der Waals surface area contributed by atoms with Crippen molar-refractivity contribution in [3.8, 4) is 11.5 Å². The van der Waals surface area contributed by atoms with Gasteiger partial charge in [-0.15, -0.1) is 0 Å². The van der Waals surface area contributed by atoms with Crippen molar-refractivity contribution in [1.29, 1.82) is 0 Å². The smallest absolute Gasteiger partial charge is 0.246 e. The molecule has 29 heavy (non-hydrogen) atoms. The molecule has 0 spiro atoms. The monoisotopic (exact) mass is 436 g/mol. The fourth-order valence-electron chi connectivity index (χ4n) is 2.45. The lowest BCUT2D eigenvalue weighted by molar-refractivity contribution is -0.129. The predicted molar refractivity (Wildman–Crippen MR) is 116 cm³/mol. The van der Waals surface area contributed by atoms with E-state index < -0.39 is 5.91 Å². The van der Waals surface area contributed by atoms with E-state index in [1.54, 1.807) is 43.5 Å². The van der Waals surface area contributed by atoms with Crippen LogP contribution in [0.15, 0.2) is 42.5 Å². The van der Waals surface area contributed by atoms with Crippen LogP contribution in [0.25, 0.3) is 6.08 Å². The summed E-state index contributed by atoms with van der Waals surface area (Å²) in [5.74, 6) is 0.460. The lowest BCUT2D eigenvalue weighted by Crippen LogP contribution is -2.34. The summed E-state index contributed by atoms with van der Waals surface area (Å²) in [5.41, 5.74) is 1.08. The van der Waals surface area contributed by atoms with E-state index in [9.17, 15) is 9.59 Å². The van der Waals surface area contributed by atoms with Crippen LogP contribution in [0.3, 0.4) is 0 Å². The summed E-state index contributed by atoms with van der Waals surface area (Å²) in [5, 5.41) is 3.27. The van der Waals surface area contributed by atoms with Crippen LogP contribution in [0.2, 0.25) is 10.0 Å². The van der Waals surface area contributed by atoms with Crippen molar-refractivity contribution in [2.45, 2.75) is 6.92 Å². The number of anilines is 1. The van der Waals surface area contributed by atoms with E-state index in [0.29, 0.717) is 33.8 Å². The topological polar surface area (TPSA) is 67.9 Å². The predicted octanol–water partition coefficient (Wildman–Crippen LogP) is 4.51. The highest BCUT2D eigenvalue weighted by Crippen LogP contribution is 2.30. The second kappa shape index (κ2) is 10.7. The van der Waals surface area contributed by atoms with Gasteiger partial charge in [0, 0.05) is 13.1 Å². The first-order valence-electron chi connectivity index (χ1n) is 8.83. The second-order valence-corrected chi connectivity index (χ2v) is 6.83. The molecule has 0 saturated carbocycles. The molecule has 2 aromatic rings. The number of rotatable bonds is 8. The molecule has 0 heterocycles. The summed E-state index contributed by atoms with van der Waals surface area (Å²) in [6.07, 6.45) is 3.02. The number of carbonyl (C=O) groups is 2. The number of nitrogens with zero attached hydrogens (tertiary/aromatic N) is 1. The number of amides is 2. The van der Waals surface area contributed by atoms with Gasteiger partial charge in [-0.2, -0.15) is 0 Å². The van der Waals surface area contributed by atoms with E-state index in [4.69, 9.17) is 32.7 Å². The summed E-state index contributed by atoms with van der Waals surface area (Å²) in [7, 11) is 3.08. The van der Waals surface area contributed by atoms with E-state index in [1.165, 1.54) is 18.0 Å². The average molecular weight is 437 g/mol. The first-order chi connectivity index (χ1) is 13.8. The fraction of sp³-hybridized carbons (Fsp3) is 0.238. The molecule has 0 radical (unpaired) electrons. The maximum absolute atomic E-state index is 12.3. The van der Waals surface area contributed by atoms with Crippen molar-refractivity contribution >= 4 is 46.8 Å². The van der Waals surface area contributed by atoms with Crippen molar-refractivity contribution < 1.29 is 19.1 Å². The highest BCUT2D eigenvalue weighted by atomic mass is 35.5. The number of nitrogens with one attached hydrogen (secondary N) is 1. The maximum Gasteiger partial charge on any atom is 0.246 e. The molecule has 0 aliphatic carbocycles. The van der Waals surface area contributed by atoms with Crippen LogP contribution >= 0.6 is 23.2 Å². The molecule has 0 unspecified atom stereocenters. The maximum atomic E-state index is 12.3. The van der Waals surface area contributed by atoms with Crippen LogP contribution in [-0.2, 0) is 9.59 Å². The minimum absolute atomic E-state index is 0.155. The third-order valence-electron chi connectivity index (χ3n) is 3.89. The third-order valence-corrected chi connectivity index (χ3v) is 4.52. The quantitative estimate of drug-likeness (QED) is 0.617. The molecule has 6 nitrogen and oxygen atoms in total. The number of hydrogen-bond donors (Lipinski definition) is 1. The van der Waals surface area contributed by atoms with Crippen molar-refractivity contribution in [2.75, 3.05) is 32.6 Å². The van der Waals surface area contributed by atoms with Crippen LogP contribution in [-0.4, -0.2) is 44.0 Å². The molecule has 8 heteroatoms. The molecule has 0 saturated heterocycles. The number of carbonyl (C=O) groups excluding carboxylic acids is 2. The molecule has 2 amide bonds. The Morgan fingerprint density at radius 3 is 2.45 bits per heavy atom. The van der Waals surface area contributed by atoms with Gasteiger partial charge in [0.1, 0.15) is 0 Å². The molecular formula is C21H22Cl2N2O4. The SMILES string of the molecule is CCOc1ccc(/C=C/C(=O)N(C)CC(=O)Nc2c(Cl)cccc2Cl)cc1OC. The number of para-hydroxylation sites is 1. The number of likely N-dealkylation sites (N-methyl/N-ethyl adjacent to an activating group) is 1. The van der Waals surface area contributed by atoms with Crippen LogP contribution in [0.1, 0.15) is 12.5 Å². The Bertz CT molecular complexity index is 895. The van der Waals surface area contributed by atoms with Gasteiger partial charge in [-0.1, -0.05) is 35.3 Å². The molecule has 2 aromatic carbocycles. The minimum Gasteiger partial charge on any atom is -0.493 e. The Hall–Kier alpha value is -2.70. The standard InChI is InChI=1S/C21H22Cl2N2O4/c1-4-29-17-10-8-14(12-18(17)28-3)9-11-20(27)25(2)13-19(26)24-21-15(22)6-5-7-16(21)23/h5-12H,4,13H2,1-3H3,(H,24,26)/b11-9+. The molecule has 0 fully saturated rings. The van der Waals surface area contributed by atoms with Gasteiger partial charge in [-0.3, -0.25) is 9.59 Å². The molecule has 1 N–H and O–H groups in total. The Morgan fingerprint density at radius 1 is 1.14 bits per heavy atom. The minimum atomic E-state index is -0.410. The molecule has 0 aliphatic heterocycles. The normalized spacial score (nSPS) is 10.7. The van der Waals surface area contributed by atoms with E-state index in [2.05, 4.69) is 5.32 Å². The van der Waals surface area contributed by atoms with Gasteiger partial charge in [-0.25, -0.2) is 0 Å². The number of ether oxygens (including phenoxy) is 2. The highest BCUT2D eigenvalue weighted by molar-refractivity contribution is 6.39. The summed E-state index contributed by atoms with van der Waals surface area (Å²) in [6, 6.07) is 10.3. The first kappa shape index (κ1) is 22.6. The van der Waals surface area contributed by atoms with Gasteiger partial charge in [0.2, 0.25) is 11.8 Å². The van der Waals surface area contributed by atoms with E-state index >= 15 is 0 Å². The van der Waals surface area contributed by atoms with Gasteiger partial charge in [-0.05, 0) is 42.8 Å². The van der Waals surface area contributed by atoms with Gasteiger partial charge >= 0.3 is 0 Å². The second-order valence-electron chi connectivity index (χ2n) is 6.02. The van der Waals surface area contributed by atoms with Gasteiger partial charge in [0.05, 0.1) is 36.0 Å². The first-order valence-corrected chi connectivity index (χ1v) is 9.59. The van der Waals surface area contributed by atoms with Gasteiger partial charge in [0.15, 0.2) is 11.5 Å². The molecule has 0 aromatic heterocycles. The Labute approximate surface area is 180 Å². The molecule has 0 aliphatic rings. The van der Waals surface area contributed by atoms with Crippen LogP contribution < -0.4 is 14.8 Å². The van der Waals surface area contributed by atoms with E-state index in [-0.39, 0.29) is 12.5 Å². The number of methoxy groups -OCH3 is 1. The summed E-state index contributed by atoms with van der Waals surface area (Å²) in [6.45, 7) is 2.26. The largest absolute Gasteiger partial charge is 0.493 e. The van der Waals surface area contributed by atoms with Crippen LogP contribution in [0.4, 0.5) is 5.69 Å². The Kier molecular flexibility index (Phi) is 8.36. The fourth-order valence-corrected chi connectivity index (χ4v) is 2.94. The summed E-state index contributed by atoms with van der Waals surface area (Å²) < 4.78 is 10.8. The molecule has 0 bridgehead atoms. The van der Waals surface area contributed by atoms with Gasteiger partial charge < -0.3 is 19.7 Å². The Morgan fingerprint density at radius 2 is 1.83 bits per heavy atom. The van der Waals surface area contributed by atoms with Crippen LogP contribution in [0.5, 0.6) is 11.5 Å². The molecule has 2 rings (SSSR count). The lowest BCUT2D eigenvalue weighted by atomic mass is 10.2. The van der Waals surface area contributed by atoms with Crippen LogP contribution in [0, 0.1) is 0 Å². The number of hydrogen-bond acceptors (Lipinski definition) is 4. The van der Waals surface area contributed by atoms with Crippen molar-refractivity contribution in [1.82, 2.24) is 4.90 Å². The number of halogens is 2. The molecule has 154 valence electrons. The molecular weight excluding hydrogens is 415 g/mol. The van der Waals surface area contributed by atoms with Crippen molar-refractivity contribution in [2.24, 2.45) is 0 Å². The van der Waals surface area contributed by atoms with E-state index in [1.807, 2.05) is 13.0 Å². The zero-order chi connectivity index (χ0) is 21.4. The van der Waals surface area contributed by atoms with E-state index in [0.717, 1.165) is 5.56 Å². The third kappa shape index (κ3) is 6.41. The summed E-state index contributed by atoms with van der Waals surface area (Å²) in [4.78, 5) is 25.8. The molecule has 0 atom stereocenters. The highest BCUT2D eigenvalue weighted by Gasteiger charge is 2.14. The lowest BCUT2D eigenvalue weighted by Gasteiger charge is -2.16.